The molecule has 1 N–H and O–H groups in total. The Morgan fingerprint density at radius 3 is 2.38 bits per heavy atom. The van der Waals surface area contributed by atoms with Crippen molar-refractivity contribution in [3.8, 4) is 23.0 Å². The first-order chi connectivity index (χ1) is 15.4. The summed E-state index contributed by atoms with van der Waals surface area (Å²) in [7, 11) is 2.93. The Balaban J connectivity index is 1.59. The summed E-state index contributed by atoms with van der Waals surface area (Å²) in [5, 5.41) is 2.77. The highest BCUT2D eigenvalue weighted by Crippen LogP contribution is 2.29. The molecule has 170 valence electrons. The molecular weight excluding hydrogens is 424 g/mol. The zero-order valence-corrected chi connectivity index (χ0v) is 17.8. The molecule has 3 rings (SSSR count). The molecule has 0 aliphatic heterocycles. The molecule has 7 nitrogen and oxygen atoms in total. The van der Waals surface area contributed by atoms with Crippen LogP contribution in [-0.2, 0) is 13.2 Å². The Labute approximate surface area is 183 Å². The van der Waals surface area contributed by atoms with Gasteiger partial charge in [-0.15, -0.1) is 0 Å². The van der Waals surface area contributed by atoms with E-state index in [1.165, 1.54) is 19.2 Å². The fourth-order valence-electron chi connectivity index (χ4n) is 2.96. The van der Waals surface area contributed by atoms with Crippen molar-refractivity contribution >= 4 is 5.91 Å². The fraction of sp³-hybridized carbons (Fsp3) is 0.261. The summed E-state index contributed by atoms with van der Waals surface area (Å²) in [6.45, 7) is -0.956. The van der Waals surface area contributed by atoms with Gasteiger partial charge in [0, 0.05) is 6.54 Å². The van der Waals surface area contributed by atoms with E-state index in [0.717, 1.165) is 5.75 Å². The molecule has 2 aromatic carbocycles. The summed E-state index contributed by atoms with van der Waals surface area (Å²) >= 11 is 0. The molecule has 1 heterocycles. The maximum atomic E-state index is 12.6. The molecule has 3 aromatic rings. The van der Waals surface area contributed by atoms with Gasteiger partial charge in [0.1, 0.15) is 29.6 Å². The Bertz CT molecular complexity index is 1050. The number of benzene rings is 2. The molecule has 0 saturated heterocycles. The van der Waals surface area contributed by atoms with E-state index < -0.39 is 6.61 Å². The van der Waals surface area contributed by atoms with E-state index in [1.54, 1.807) is 50.4 Å². The van der Waals surface area contributed by atoms with Crippen LogP contribution >= 0.6 is 0 Å². The average Bonchev–Trinajstić information content (AvgIpc) is 3.17. The number of furan rings is 1. The summed E-state index contributed by atoms with van der Waals surface area (Å²) in [5.41, 5.74) is 1.03. The van der Waals surface area contributed by atoms with Crippen LogP contribution in [0.1, 0.15) is 27.4 Å². The van der Waals surface area contributed by atoms with Crippen molar-refractivity contribution in [2.24, 2.45) is 0 Å². The van der Waals surface area contributed by atoms with Crippen molar-refractivity contribution in [3.05, 3.63) is 71.2 Å². The van der Waals surface area contributed by atoms with Gasteiger partial charge < -0.3 is 28.7 Å². The average molecular weight is 447 g/mol. The van der Waals surface area contributed by atoms with Gasteiger partial charge in [-0.1, -0.05) is 6.07 Å². The first-order valence-electron chi connectivity index (χ1n) is 9.65. The smallest absolute Gasteiger partial charge is 0.387 e. The molecule has 32 heavy (non-hydrogen) atoms. The SMILES string of the molecule is COc1ccc(OCc2cc(C(=O)NCc3ccc(OC(F)F)c(OC)c3)c(C)o2)cc1. The topological polar surface area (TPSA) is 79.2 Å². The van der Waals surface area contributed by atoms with Crippen molar-refractivity contribution in [1.82, 2.24) is 5.32 Å². The number of halogens is 2. The Hall–Kier alpha value is -3.75. The molecule has 0 aliphatic rings. The van der Waals surface area contributed by atoms with Gasteiger partial charge in [0.15, 0.2) is 11.5 Å². The zero-order valence-electron chi connectivity index (χ0n) is 17.8. The number of carbonyl (C=O) groups excluding carboxylic acids is 1. The number of ether oxygens (including phenoxy) is 4. The number of alkyl halides is 2. The highest BCUT2D eigenvalue weighted by atomic mass is 19.3. The quantitative estimate of drug-likeness (QED) is 0.485. The second kappa shape index (κ2) is 10.5. The second-order valence-electron chi connectivity index (χ2n) is 6.69. The van der Waals surface area contributed by atoms with E-state index in [2.05, 4.69) is 10.1 Å². The first-order valence-corrected chi connectivity index (χ1v) is 9.65. The minimum Gasteiger partial charge on any atom is -0.497 e. The fourth-order valence-corrected chi connectivity index (χ4v) is 2.96. The molecule has 9 heteroatoms. The first kappa shape index (κ1) is 22.9. The van der Waals surface area contributed by atoms with E-state index >= 15 is 0 Å². The number of carbonyl (C=O) groups is 1. The van der Waals surface area contributed by atoms with Crippen LogP contribution in [0.4, 0.5) is 8.78 Å². The van der Waals surface area contributed by atoms with Crippen LogP contribution in [0, 0.1) is 6.92 Å². The largest absolute Gasteiger partial charge is 0.497 e. The van der Waals surface area contributed by atoms with Crippen LogP contribution in [0.5, 0.6) is 23.0 Å². The molecule has 1 aromatic heterocycles. The minimum absolute atomic E-state index is 0.0789. The molecule has 0 unspecified atom stereocenters. The van der Waals surface area contributed by atoms with E-state index in [4.69, 9.17) is 18.6 Å². The van der Waals surface area contributed by atoms with Gasteiger partial charge >= 0.3 is 6.61 Å². The van der Waals surface area contributed by atoms with Crippen LogP contribution in [0.15, 0.2) is 52.9 Å². The molecule has 0 aliphatic carbocycles. The highest BCUT2D eigenvalue weighted by Gasteiger charge is 2.16. The number of rotatable bonds is 10. The Morgan fingerprint density at radius 1 is 1.00 bits per heavy atom. The predicted molar refractivity (Wildman–Crippen MR) is 112 cm³/mol. The summed E-state index contributed by atoms with van der Waals surface area (Å²) < 4.78 is 50.8. The van der Waals surface area contributed by atoms with Crippen LogP contribution < -0.4 is 24.3 Å². The number of hydrogen-bond donors (Lipinski definition) is 1. The maximum Gasteiger partial charge on any atom is 0.387 e. The number of nitrogens with one attached hydrogen (secondary N) is 1. The Morgan fingerprint density at radius 2 is 1.72 bits per heavy atom. The lowest BCUT2D eigenvalue weighted by molar-refractivity contribution is -0.0512. The van der Waals surface area contributed by atoms with E-state index in [-0.39, 0.29) is 30.6 Å². The molecular formula is C23H23F2NO6. The maximum absolute atomic E-state index is 12.6. The molecule has 0 fully saturated rings. The van der Waals surface area contributed by atoms with Crippen molar-refractivity contribution in [3.63, 3.8) is 0 Å². The van der Waals surface area contributed by atoms with Gasteiger partial charge in [-0.25, -0.2) is 0 Å². The standard InChI is InChI=1S/C23H23F2NO6/c1-14-19(11-18(31-14)13-30-17-7-5-16(28-2)6-8-17)22(27)26-12-15-4-9-20(32-23(24)25)21(10-15)29-3/h4-11,23H,12-13H2,1-3H3,(H,26,27). The van der Waals surface area contributed by atoms with Crippen molar-refractivity contribution in [2.75, 3.05) is 14.2 Å². The van der Waals surface area contributed by atoms with Crippen LogP contribution in [0.25, 0.3) is 0 Å². The number of amides is 1. The summed E-state index contributed by atoms with van der Waals surface area (Å²) in [6.07, 6.45) is 0. The van der Waals surface area contributed by atoms with Gasteiger partial charge in [0.25, 0.3) is 5.91 Å². The molecule has 0 bridgehead atoms. The number of hydrogen-bond acceptors (Lipinski definition) is 6. The van der Waals surface area contributed by atoms with E-state index in [9.17, 15) is 13.6 Å². The van der Waals surface area contributed by atoms with Gasteiger partial charge in [0.2, 0.25) is 0 Å². The third-order valence-electron chi connectivity index (χ3n) is 4.55. The van der Waals surface area contributed by atoms with E-state index in [1.807, 2.05) is 0 Å². The summed E-state index contributed by atoms with van der Waals surface area (Å²) in [5.74, 6) is 2.04. The minimum atomic E-state index is -2.96. The highest BCUT2D eigenvalue weighted by molar-refractivity contribution is 5.95. The molecule has 0 radical (unpaired) electrons. The summed E-state index contributed by atoms with van der Waals surface area (Å²) in [6, 6.07) is 13.2. The van der Waals surface area contributed by atoms with Crippen molar-refractivity contribution in [1.29, 1.82) is 0 Å². The lowest BCUT2D eigenvalue weighted by Crippen LogP contribution is -2.23. The van der Waals surface area contributed by atoms with Crippen LogP contribution in [-0.4, -0.2) is 26.7 Å². The predicted octanol–water partition coefficient (Wildman–Crippen LogP) is 4.72. The molecule has 1 amide bonds. The molecule has 0 saturated carbocycles. The third kappa shape index (κ3) is 5.90. The van der Waals surface area contributed by atoms with Crippen molar-refractivity contribution in [2.45, 2.75) is 26.7 Å². The van der Waals surface area contributed by atoms with Gasteiger partial charge in [-0.05, 0) is 55.0 Å². The monoisotopic (exact) mass is 447 g/mol. The Kier molecular flexibility index (Phi) is 7.54. The normalized spacial score (nSPS) is 10.7. The lowest BCUT2D eigenvalue weighted by Gasteiger charge is -2.11. The number of aryl methyl sites for hydroxylation is 1. The molecule has 0 atom stereocenters. The molecule has 0 spiro atoms. The van der Waals surface area contributed by atoms with Crippen LogP contribution in [0.2, 0.25) is 0 Å². The second-order valence-corrected chi connectivity index (χ2v) is 6.69. The summed E-state index contributed by atoms with van der Waals surface area (Å²) in [4.78, 5) is 12.6. The van der Waals surface area contributed by atoms with Gasteiger partial charge in [0.05, 0.1) is 19.8 Å². The lowest BCUT2D eigenvalue weighted by atomic mass is 10.2. The number of methoxy groups -OCH3 is 2. The van der Waals surface area contributed by atoms with Gasteiger partial charge in [-0.2, -0.15) is 8.78 Å². The zero-order chi connectivity index (χ0) is 23.1. The van der Waals surface area contributed by atoms with Crippen molar-refractivity contribution < 1.29 is 36.9 Å². The third-order valence-corrected chi connectivity index (χ3v) is 4.55. The van der Waals surface area contributed by atoms with Crippen LogP contribution in [0.3, 0.4) is 0 Å². The van der Waals surface area contributed by atoms with E-state index in [0.29, 0.717) is 28.4 Å². The van der Waals surface area contributed by atoms with Gasteiger partial charge in [-0.3, -0.25) is 4.79 Å².